The fourth-order valence-corrected chi connectivity index (χ4v) is 3.78. The Labute approximate surface area is 164 Å². The molecule has 0 radical (unpaired) electrons. The molecule has 3 aromatic rings. The predicted octanol–water partition coefficient (Wildman–Crippen LogP) is 2.84. The zero-order chi connectivity index (χ0) is 19.8. The quantitative estimate of drug-likeness (QED) is 0.641. The Morgan fingerprint density at radius 3 is 2.89 bits per heavy atom. The van der Waals surface area contributed by atoms with Gasteiger partial charge in [-0.3, -0.25) is 9.89 Å². The van der Waals surface area contributed by atoms with E-state index in [1.165, 1.54) is 10.7 Å². The molecule has 1 aliphatic rings. The lowest BCUT2D eigenvalue weighted by molar-refractivity contribution is 0.0943. The lowest BCUT2D eigenvalue weighted by atomic mass is 10.2. The minimum Gasteiger partial charge on any atom is -0.343 e. The normalized spacial score (nSPS) is 13.0. The third-order valence-corrected chi connectivity index (χ3v) is 5.17. The Morgan fingerprint density at radius 1 is 1.32 bits per heavy atom. The van der Waals surface area contributed by atoms with Crippen LogP contribution in [0.25, 0.3) is 5.69 Å². The summed E-state index contributed by atoms with van der Waals surface area (Å²) in [7, 11) is 0. The number of amides is 1. The number of nitrogens with one attached hydrogen (secondary N) is 2. The molecule has 1 amide bonds. The van der Waals surface area contributed by atoms with E-state index in [1.54, 1.807) is 4.57 Å². The van der Waals surface area contributed by atoms with Crippen molar-refractivity contribution in [3.05, 3.63) is 57.4 Å². The SMILES string of the molecule is CCn1c(CNC(=O)c2nn(-c3ccc(F)c(F)c3)c3c2CCC3)n[nH]c1=S. The van der Waals surface area contributed by atoms with E-state index in [4.69, 9.17) is 12.2 Å². The molecule has 0 atom stereocenters. The highest BCUT2D eigenvalue weighted by Crippen LogP contribution is 2.28. The highest BCUT2D eigenvalue weighted by atomic mass is 32.1. The largest absolute Gasteiger partial charge is 0.343 e. The molecule has 0 unspecified atom stereocenters. The van der Waals surface area contributed by atoms with Crippen molar-refractivity contribution in [3.63, 3.8) is 0 Å². The number of aromatic amines is 1. The summed E-state index contributed by atoms with van der Waals surface area (Å²) >= 11 is 5.15. The van der Waals surface area contributed by atoms with Crippen LogP contribution in [0.15, 0.2) is 18.2 Å². The molecule has 0 saturated carbocycles. The maximum Gasteiger partial charge on any atom is 0.272 e. The number of carbonyl (C=O) groups is 1. The molecule has 0 spiro atoms. The number of hydrogen-bond acceptors (Lipinski definition) is 4. The average molecular weight is 404 g/mol. The first-order chi connectivity index (χ1) is 13.5. The summed E-state index contributed by atoms with van der Waals surface area (Å²) in [5.41, 5.74) is 2.39. The van der Waals surface area contributed by atoms with E-state index < -0.39 is 11.6 Å². The van der Waals surface area contributed by atoms with Crippen molar-refractivity contribution in [1.29, 1.82) is 0 Å². The number of fused-ring (bicyclic) bond motifs is 1. The minimum atomic E-state index is -0.951. The van der Waals surface area contributed by atoms with Crippen molar-refractivity contribution in [1.82, 2.24) is 29.9 Å². The number of rotatable bonds is 5. The van der Waals surface area contributed by atoms with Gasteiger partial charge in [0.25, 0.3) is 5.91 Å². The average Bonchev–Trinajstić information content (AvgIpc) is 3.37. The van der Waals surface area contributed by atoms with Gasteiger partial charge in [0.05, 0.1) is 12.2 Å². The van der Waals surface area contributed by atoms with Crippen molar-refractivity contribution < 1.29 is 13.6 Å². The molecule has 2 heterocycles. The van der Waals surface area contributed by atoms with Gasteiger partial charge < -0.3 is 9.88 Å². The van der Waals surface area contributed by atoms with Crippen molar-refractivity contribution in [3.8, 4) is 5.69 Å². The molecule has 2 aromatic heterocycles. The zero-order valence-electron chi connectivity index (χ0n) is 15.1. The zero-order valence-corrected chi connectivity index (χ0v) is 15.9. The monoisotopic (exact) mass is 404 g/mol. The second-order valence-corrected chi connectivity index (χ2v) is 6.90. The standard InChI is InChI=1S/C18H18F2N6OS/c1-2-25-15(22-23-18(25)28)9-21-17(27)16-11-4-3-5-14(11)26(24-16)10-6-7-12(19)13(20)8-10/h6-8H,2-5,9H2,1H3,(H,21,27)(H,23,28). The first-order valence-electron chi connectivity index (χ1n) is 8.98. The van der Waals surface area contributed by atoms with Crippen LogP contribution in [0.5, 0.6) is 0 Å². The van der Waals surface area contributed by atoms with Gasteiger partial charge in [-0.25, -0.2) is 13.5 Å². The summed E-state index contributed by atoms with van der Waals surface area (Å²) in [5, 5.41) is 14.0. The van der Waals surface area contributed by atoms with Gasteiger partial charge in [0.15, 0.2) is 27.9 Å². The third-order valence-electron chi connectivity index (χ3n) is 4.85. The van der Waals surface area contributed by atoms with E-state index in [1.807, 2.05) is 6.92 Å². The van der Waals surface area contributed by atoms with Gasteiger partial charge in [-0.1, -0.05) is 0 Å². The Kier molecular flexibility index (Phi) is 4.80. The molecule has 146 valence electrons. The first-order valence-corrected chi connectivity index (χ1v) is 9.39. The maximum atomic E-state index is 13.6. The highest BCUT2D eigenvalue weighted by molar-refractivity contribution is 7.71. The minimum absolute atomic E-state index is 0.201. The van der Waals surface area contributed by atoms with Crippen molar-refractivity contribution in [2.24, 2.45) is 0 Å². The van der Waals surface area contributed by atoms with Gasteiger partial charge in [-0.2, -0.15) is 10.2 Å². The summed E-state index contributed by atoms with van der Waals surface area (Å²) < 4.78 is 30.7. The topological polar surface area (TPSA) is 80.5 Å². The van der Waals surface area contributed by atoms with E-state index in [0.717, 1.165) is 42.7 Å². The van der Waals surface area contributed by atoms with Gasteiger partial charge >= 0.3 is 0 Å². The van der Waals surface area contributed by atoms with E-state index >= 15 is 0 Å². The molecule has 28 heavy (non-hydrogen) atoms. The van der Waals surface area contributed by atoms with Crippen LogP contribution in [-0.2, 0) is 25.9 Å². The fraction of sp³-hybridized carbons (Fsp3) is 0.333. The van der Waals surface area contributed by atoms with E-state index in [0.29, 0.717) is 28.5 Å². The predicted molar refractivity (Wildman–Crippen MR) is 99.8 cm³/mol. The first kappa shape index (κ1) is 18.5. The molecule has 1 aliphatic carbocycles. The van der Waals surface area contributed by atoms with Gasteiger partial charge in [0, 0.05) is 23.9 Å². The number of hydrogen-bond donors (Lipinski definition) is 2. The lowest BCUT2D eigenvalue weighted by Crippen LogP contribution is -2.26. The van der Waals surface area contributed by atoms with Gasteiger partial charge in [-0.05, 0) is 50.5 Å². The molecule has 0 bridgehead atoms. The molecule has 1 aromatic carbocycles. The van der Waals surface area contributed by atoms with Crippen LogP contribution in [0, 0.1) is 16.4 Å². The van der Waals surface area contributed by atoms with E-state index in [9.17, 15) is 13.6 Å². The number of aromatic nitrogens is 5. The number of nitrogens with zero attached hydrogens (tertiary/aromatic N) is 4. The summed E-state index contributed by atoms with van der Waals surface area (Å²) in [4.78, 5) is 12.8. The highest BCUT2D eigenvalue weighted by Gasteiger charge is 2.27. The summed E-state index contributed by atoms with van der Waals surface area (Å²) in [6.07, 6.45) is 2.32. The number of benzene rings is 1. The molecule has 2 N–H and O–H groups in total. The smallest absolute Gasteiger partial charge is 0.272 e. The van der Waals surface area contributed by atoms with E-state index in [2.05, 4.69) is 20.6 Å². The van der Waals surface area contributed by atoms with Crippen LogP contribution < -0.4 is 5.32 Å². The molecule has 0 saturated heterocycles. The van der Waals surface area contributed by atoms with Crippen LogP contribution >= 0.6 is 12.2 Å². The van der Waals surface area contributed by atoms with Gasteiger partial charge in [0.1, 0.15) is 0 Å². The van der Waals surface area contributed by atoms with Crippen LogP contribution in [0.1, 0.15) is 40.9 Å². The van der Waals surface area contributed by atoms with Gasteiger partial charge in [0.2, 0.25) is 0 Å². The van der Waals surface area contributed by atoms with Gasteiger partial charge in [-0.15, -0.1) is 0 Å². The lowest BCUT2D eigenvalue weighted by Gasteiger charge is -2.06. The maximum absolute atomic E-state index is 13.6. The fourth-order valence-electron chi connectivity index (χ4n) is 3.50. The Balaban J connectivity index is 1.62. The molecule has 0 aliphatic heterocycles. The van der Waals surface area contributed by atoms with Crippen LogP contribution in [0.3, 0.4) is 0 Å². The molecule has 4 rings (SSSR count). The molecular weight excluding hydrogens is 386 g/mol. The Morgan fingerprint density at radius 2 is 2.14 bits per heavy atom. The molecule has 10 heteroatoms. The molecular formula is C18H18F2N6OS. The van der Waals surface area contributed by atoms with Crippen molar-refractivity contribution in [2.75, 3.05) is 0 Å². The Hall–Kier alpha value is -2.88. The summed E-state index contributed by atoms with van der Waals surface area (Å²) in [6, 6.07) is 3.59. The van der Waals surface area contributed by atoms with Crippen molar-refractivity contribution >= 4 is 18.1 Å². The summed E-state index contributed by atoms with van der Waals surface area (Å²) in [6.45, 7) is 2.78. The van der Waals surface area contributed by atoms with Crippen LogP contribution in [0.2, 0.25) is 0 Å². The third kappa shape index (κ3) is 3.13. The number of halogens is 2. The summed E-state index contributed by atoms with van der Waals surface area (Å²) in [5.74, 6) is -1.59. The Bertz CT molecular complexity index is 1120. The second kappa shape index (κ2) is 7.27. The van der Waals surface area contributed by atoms with Crippen LogP contribution in [0.4, 0.5) is 8.78 Å². The van der Waals surface area contributed by atoms with Crippen molar-refractivity contribution in [2.45, 2.75) is 39.3 Å². The molecule has 7 nitrogen and oxygen atoms in total. The van der Waals surface area contributed by atoms with E-state index in [-0.39, 0.29) is 12.5 Å². The number of carbonyl (C=O) groups excluding carboxylic acids is 1. The molecule has 0 fully saturated rings. The van der Waals surface area contributed by atoms with Crippen LogP contribution in [-0.4, -0.2) is 30.5 Å². The number of H-pyrrole nitrogens is 1. The second-order valence-electron chi connectivity index (χ2n) is 6.51.